The smallest absolute Gasteiger partial charge is 0.0992 e. The van der Waals surface area contributed by atoms with Crippen LogP contribution in [-0.2, 0) is 0 Å². The summed E-state index contributed by atoms with van der Waals surface area (Å²) in [7, 11) is 0. The van der Waals surface area contributed by atoms with Crippen molar-refractivity contribution >= 4 is 43.6 Å². The zero-order valence-corrected chi connectivity index (χ0v) is 22.5. The largest absolute Gasteiger partial charge is 0.309 e. The summed E-state index contributed by atoms with van der Waals surface area (Å²) < 4.78 is 4.52. The van der Waals surface area contributed by atoms with E-state index in [2.05, 4.69) is 112 Å². The van der Waals surface area contributed by atoms with E-state index in [4.69, 9.17) is 0 Å². The van der Waals surface area contributed by atoms with E-state index in [-0.39, 0.29) is 0 Å². The van der Waals surface area contributed by atoms with Crippen LogP contribution < -0.4 is 0 Å². The molecule has 0 unspecified atom stereocenters. The minimum absolute atomic E-state index is 0.620. The van der Waals surface area contributed by atoms with Crippen molar-refractivity contribution in [2.24, 2.45) is 0 Å². The zero-order chi connectivity index (χ0) is 28.2. The Morgan fingerprint density at radius 1 is 0.429 bits per heavy atom. The van der Waals surface area contributed by atoms with Crippen molar-refractivity contribution in [3.05, 3.63) is 145 Å². The molecule has 0 atom stereocenters. The van der Waals surface area contributed by atoms with E-state index in [0.29, 0.717) is 11.1 Å². The topological polar surface area (TPSA) is 57.4 Å². The predicted octanol–water partition coefficient (Wildman–Crippen LogP) is 9.29. The van der Waals surface area contributed by atoms with Crippen LogP contribution in [0.1, 0.15) is 11.1 Å². The van der Waals surface area contributed by atoms with Gasteiger partial charge in [-0.15, -0.1) is 0 Å². The van der Waals surface area contributed by atoms with Crippen LogP contribution in [0.15, 0.2) is 133 Å². The fraction of sp³-hybridized carbons (Fsp3) is 0. The van der Waals surface area contributed by atoms with Crippen LogP contribution in [0.5, 0.6) is 0 Å². The molecule has 0 radical (unpaired) electrons. The van der Waals surface area contributed by atoms with Crippen molar-refractivity contribution in [3.8, 4) is 34.6 Å². The van der Waals surface area contributed by atoms with Gasteiger partial charge in [0.2, 0.25) is 0 Å². The van der Waals surface area contributed by atoms with Crippen molar-refractivity contribution < 1.29 is 0 Å². The number of fused-ring (bicyclic) bond motifs is 6. The van der Waals surface area contributed by atoms with Crippen LogP contribution in [-0.4, -0.2) is 9.13 Å². The Morgan fingerprint density at radius 3 is 1.55 bits per heavy atom. The molecule has 0 aliphatic carbocycles. The molecule has 8 aromatic rings. The third-order valence-corrected chi connectivity index (χ3v) is 8.19. The average molecular weight is 535 g/mol. The zero-order valence-electron chi connectivity index (χ0n) is 22.5. The molecule has 0 N–H and O–H groups in total. The molecular weight excluding hydrogens is 512 g/mol. The standard InChI is InChI=1S/C38H22N4/c39-23-25-14-20-37-33(21-25)32-9-3-4-10-34(32)41(37)28-17-15-27(16-18-28)29-19-13-26(24-40)22-38(29)42-35-11-5-1-7-30(35)31-8-2-6-12-36(31)42/h1-22H. The van der Waals surface area contributed by atoms with Gasteiger partial charge in [-0.2, -0.15) is 10.5 Å². The molecule has 2 aromatic heterocycles. The number of nitriles is 2. The average Bonchev–Trinajstić information content (AvgIpc) is 3.57. The maximum absolute atomic E-state index is 9.82. The minimum Gasteiger partial charge on any atom is -0.309 e. The second-order valence-electron chi connectivity index (χ2n) is 10.5. The molecule has 0 amide bonds. The van der Waals surface area contributed by atoms with Crippen LogP contribution in [0.3, 0.4) is 0 Å². The molecule has 4 nitrogen and oxygen atoms in total. The molecule has 0 aliphatic rings. The highest BCUT2D eigenvalue weighted by Gasteiger charge is 2.17. The van der Waals surface area contributed by atoms with E-state index in [9.17, 15) is 10.5 Å². The van der Waals surface area contributed by atoms with Gasteiger partial charge in [-0.05, 0) is 66.2 Å². The Bertz CT molecular complexity index is 2370. The number of nitrogens with zero attached hydrogens (tertiary/aromatic N) is 4. The highest BCUT2D eigenvalue weighted by molar-refractivity contribution is 6.10. The molecule has 0 saturated carbocycles. The van der Waals surface area contributed by atoms with Gasteiger partial charge in [-0.1, -0.05) is 72.8 Å². The van der Waals surface area contributed by atoms with Crippen LogP contribution in [0.25, 0.3) is 66.1 Å². The first-order valence-corrected chi connectivity index (χ1v) is 13.8. The fourth-order valence-electron chi connectivity index (χ4n) is 6.32. The van der Waals surface area contributed by atoms with Gasteiger partial charge in [0.15, 0.2) is 0 Å². The monoisotopic (exact) mass is 534 g/mol. The first kappa shape index (κ1) is 23.8. The van der Waals surface area contributed by atoms with Gasteiger partial charge >= 0.3 is 0 Å². The quantitative estimate of drug-likeness (QED) is 0.227. The van der Waals surface area contributed by atoms with E-state index in [0.717, 1.165) is 55.3 Å². The van der Waals surface area contributed by atoms with E-state index >= 15 is 0 Å². The van der Waals surface area contributed by atoms with Crippen LogP contribution in [0.4, 0.5) is 0 Å². The lowest BCUT2D eigenvalue weighted by Gasteiger charge is -2.15. The van der Waals surface area contributed by atoms with Gasteiger partial charge in [0.05, 0.1) is 51.0 Å². The highest BCUT2D eigenvalue weighted by atomic mass is 15.0. The SMILES string of the molecule is N#Cc1ccc(-c2ccc(-n3c4ccccc4c4cc(C#N)ccc43)cc2)c(-n2c3ccccc3c3ccccc32)c1. The molecule has 0 spiro atoms. The number of rotatable bonds is 3. The van der Waals surface area contributed by atoms with Crippen molar-refractivity contribution in [3.63, 3.8) is 0 Å². The van der Waals surface area contributed by atoms with Crippen molar-refractivity contribution in [2.75, 3.05) is 0 Å². The molecule has 4 heteroatoms. The summed E-state index contributed by atoms with van der Waals surface area (Å²) in [5.74, 6) is 0. The second kappa shape index (κ2) is 9.24. The molecule has 2 heterocycles. The third kappa shape index (κ3) is 3.47. The van der Waals surface area contributed by atoms with Crippen molar-refractivity contribution in [2.45, 2.75) is 0 Å². The Hall–Kier alpha value is -6.10. The number of para-hydroxylation sites is 3. The number of aromatic nitrogens is 2. The third-order valence-electron chi connectivity index (χ3n) is 8.19. The maximum atomic E-state index is 9.82. The van der Waals surface area contributed by atoms with E-state index in [1.165, 1.54) is 10.8 Å². The van der Waals surface area contributed by atoms with Crippen molar-refractivity contribution in [1.82, 2.24) is 9.13 Å². The lowest BCUT2D eigenvalue weighted by molar-refractivity contribution is 1.17. The summed E-state index contributed by atoms with van der Waals surface area (Å²) >= 11 is 0. The van der Waals surface area contributed by atoms with E-state index < -0.39 is 0 Å². The summed E-state index contributed by atoms with van der Waals surface area (Å²) in [6, 6.07) is 50.2. The highest BCUT2D eigenvalue weighted by Crippen LogP contribution is 2.38. The summed E-state index contributed by atoms with van der Waals surface area (Å²) in [6.45, 7) is 0. The minimum atomic E-state index is 0.620. The maximum Gasteiger partial charge on any atom is 0.0992 e. The summed E-state index contributed by atoms with van der Waals surface area (Å²) in [5.41, 5.74) is 9.77. The lowest BCUT2D eigenvalue weighted by Crippen LogP contribution is -1.99. The Kier molecular flexibility index (Phi) is 5.22. The molecule has 194 valence electrons. The van der Waals surface area contributed by atoms with Crippen LogP contribution in [0.2, 0.25) is 0 Å². The molecule has 8 rings (SSSR count). The normalized spacial score (nSPS) is 11.3. The second-order valence-corrected chi connectivity index (χ2v) is 10.5. The summed E-state index contributed by atoms with van der Waals surface area (Å²) in [4.78, 5) is 0. The van der Waals surface area contributed by atoms with Crippen LogP contribution in [0, 0.1) is 22.7 Å². The molecule has 0 fully saturated rings. The Morgan fingerprint density at radius 2 is 0.929 bits per heavy atom. The number of hydrogen-bond acceptors (Lipinski definition) is 2. The summed E-state index contributed by atoms with van der Waals surface area (Å²) in [5, 5.41) is 23.9. The predicted molar refractivity (Wildman–Crippen MR) is 170 cm³/mol. The Labute approximate surface area is 242 Å². The molecule has 0 saturated heterocycles. The van der Waals surface area contributed by atoms with Gasteiger partial charge in [0.1, 0.15) is 0 Å². The van der Waals surface area contributed by atoms with Crippen LogP contribution >= 0.6 is 0 Å². The number of benzene rings is 6. The molecule has 0 bridgehead atoms. The lowest BCUT2D eigenvalue weighted by atomic mass is 10.0. The van der Waals surface area contributed by atoms with Gasteiger partial charge in [0, 0.05) is 32.8 Å². The number of hydrogen-bond donors (Lipinski definition) is 0. The molecule has 0 aliphatic heterocycles. The molecular formula is C38H22N4. The molecule has 6 aromatic carbocycles. The van der Waals surface area contributed by atoms with E-state index in [1.54, 1.807) is 0 Å². The first-order valence-electron chi connectivity index (χ1n) is 13.8. The fourth-order valence-corrected chi connectivity index (χ4v) is 6.32. The van der Waals surface area contributed by atoms with Gasteiger partial charge in [-0.25, -0.2) is 0 Å². The molecule has 42 heavy (non-hydrogen) atoms. The van der Waals surface area contributed by atoms with Crippen molar-refractivity contribution in [1.29, 1.82) is 10.5 Å². The first-order chi connectivity index (χ1) is 20.7. The van der Waals surface area contributed by atoms with Gasteiger partial charge in [0.25, 0.3) is 0 Å². The van der Waals surface area contributed by atoms with Gasteiger partial charge in [-0.3, -0.25) is 0 Å². The van der Waals surface area contributed by atoms with E-state index in [1.807, 2.05) is 42.5 Å². The summed E-state index contributed by atoms with van der Waals surface area (Å²) in [6.07, 6.45) is 0. The van der Waals surface area contributed by atoms with Gasteiger partial charge < -0.3 is 9.13 Å². The Balaban J connectivity index is 1.33.